The Bertz CT molecular complexity index is 1060. The molecule has 0 unspecified atom stereocenters. The van der Waals surface area contributed by atoms with Crippen molar-refractivity contribution in [2.75, 3.05) is 19.7 Å². The highest BCUT2D eigenvalue weighted by Crippen LogP contribution is 2.28. The maximum atomic E-state index is 12.9. The van der Waals surface area contributed by atoms with Crippen molar-refractivity contribution in [2.24, 2.45) is 7.05 Å². The van der Waals surface area contributed by atoms with Gasteiger partial charge in [-0.25, -0.2) is 14.0 Å². The number of carbonyl (C=O) groups is 1. The average Bonchev–Trinajstić information content (AvgIpc) is 3.09. The number of hydrogen-bond acceptors (Lipinski definition) is 4. The molecule has 7 nitrogen and oxygen atoms in total. The Balaban J connectivity index is 1.48. The summed E-state index contributed by atoms with van der Waals surface area (Å²) in [6, 6.07) is 16.9. The normalized spacial score (nSPS) is 14.7. The van der Waals surface area contributed by atoms with E-state index in [1.54, 1.807) is 11.6 Å². The van der Waals surface area contributed by atoms with Crippen LogP contribution >= 0.6 is 0 Å². The van der Waals surface area contributed by atoms with E-state index in [0.717, 1.165) is 30.1 Å². The number of aromatic nitrogens is 3. The molecule has 0 saturated carbocycles. The fourth-order valence-electron chi connectivity index (χ4n) is 3.95. The number of benzene rings is 2. The lowest BCUT2D eigenvalue weighted by Gasteiger charge is -2.31. The van der Waals surface area contributed by atoms with Crippen LogP contribution in [0.25, 0.3) is 5.69 Å². The molecule has 4 rings (SSSR count). The number of ether oxygens (including phenoxy) is 1. The third-order valence-electron chi connectivity index (χ3n) is 5.52. The molecule has 3 aromatic rings. The van der Waals surface area contributed by atoms with Crippen molar-refractivity contribution in [1.82, 2.24) is 19.2 Å². The highest BCUT2D eigenvalue weighted by atomic mass is 16.5. The molecule has 0 N–H and O–H groups in total. The summed E-state index contributed by atoms with van der Waals surface area (Å²) in [5.41, 5.74) is 1.33. The van der Waals surface area contributed by atoms with E-state index in [9.17, 15) is 9.59 Å². The standard InChI is InChI=1S/C23H26N4O3/c1-3-30-20-11-9-18(10-12-20)22(28)26-15-13-17(14-16-26)21-24-25(2)23(29)27(21)19-7-5-4-6-8-19/h4-12,17H,3,13-16H2,1-2H3. The zero-order valence-corrected chi connectivity index (χ0v) is 17.3. The Morgan fingerprint density at radius 3 is 2.37 bits per heavy atom. The molecule has 156 valence electrons. The molecule has 0 radical (unpaired) electrons. The number of aryl methyl sites for hydroxylation is 1. The van der Waals surface area contributed by atoms with Gasteiger partial charge in [0.2, 0.25) is 0 Å². The number of likely N-dealkylation sites (tertiary alicyclic amines) is 1. The van der Waals surface area contributed by atoms with Crippen molar-refractivity contribution in [3.63, 3.8) is 0 Å². The van der Waals surface area contributed by atoms with Gasteiger partial charge in [-0.1, -0.05) is 18.2 Å². The molecule has 30 heavy (non-hydrogen) atoms. The SMILES string of the molecule is CCOc1ccc(C(=O)N2CCC(c3nn(C)c(=O)n3-c3ccccc3)CC2)cc1. The van der Waals surface area contributed by atoms with Gasteiger partial charge in [0.15, 0.2) is 0 Å². The van der Waals surface area contributed by atoms with Crippen LogP contribution in [0.3, 0.4) is 0 Å². The third-order valence-corrected chi connectivity index (χ3v) is 5.52. The van der Waals surface area contributed by atoms with Gasteiger partial charge in [0.05, 0.1) is 12.3 Å². The minimum Gasteiger partial charge on any atom is -0.494 e. The van der Waals surface area contributed by atoms with Gasteiger partial charge in [-0.15, -0.1) is 0 Å². The van der Waals surface area contributed by atoms with E-state index in [0.29, 0.717) is 25.3 Å². The van der Waals surface area contributed by atoms with Crippen LogP contribution in [0.2, 0.25) is 0 Å². The summed E-state index contributed by atoms with van der Waals surface area (Å²) >= 11 is 0. The third kappa shape index (κ3) is 3.87. The first-order valence-corrected chi connectivity index (χ1v) is 10.3. The van der Waals surface area contributed by atoms with Gasteiger partial charge in [-0.3, -0.25) is 4.79 Å². The lowest BCUT2D eigenvalue weighted by atomic mass is 9.95. The van der Waals surface area contributed by atoms with Crippen LogP contribution in [-0.4, -0.2) is 44.9 Å². The summed E-state index contributed by atoms with van der Waals surface area (Å²) in [5, 5.41) is 4.52. The van der Waals surface area contributed by atoms with Gasteiger partial charge in [0, 0.05) is 31.6 Å². The smallest absolute Gasteiger partial charge is 0.350 e. The molecule has 1 saturated heterocycles. The largest absolute Gasteiger partial charge is 0.494 e. The van der Waals surface area contributed by atoms with Crippen LogP contribution in [-0.2, 0) is 7.05 Å². The van der Waals surface area contributed by atoms with Gasteiger partial charge >= 0.3 is 5.69 Å². The Morgan fingerprint density at radius 2 is 1.73 bits per heavy atom. The molecule has 1 fully saturated rings. The first kappa shape index (κ1) is 19.9. The zero-order chi connectivity index (χ0) is 21.1. The molecule has 1 amide bonds. The quantitative estimate of drug-likeness (QED) is 0.653. The number of hydrogen-bond donors (Lipinski definition) is 0. The first-order valence-electron chi connectivity index (χ1n) is 10.3. The molecule has 0 bridgehead atoms. The van der Waals surface area contributed by atoms with Crippen LogP contribution in [0.1, 0.15) is 41.9 Å². The maximum Gasteiger partial charge on any atom is 0.350 e. The minimum atomic E-state index is -0.149. The molecule has 1 aliphatic rings. The molecular weight excluding hydrogens is 380 g/mol. The predicted molar refractivity (Wildman–Crippen MR) is 114 cm³/mol. The number of nitrogens with zero attached hydrogens (tertiary/aromatic N) is 4. The summed E-state index contributed by atoms with van der Waals surface area (Å²) in [4.78, 5) is 27.4. The summed E-state index contributed by atoms with van der Waals surface area (Å²) in [5.74, 6) is 1.69. The highest BCUT2D eigenvalue weighted by molar-refractivity contribution is 5.94. The van der Waals surface area contributed by atoms with E-state index < -0.39 is 0 Å². The lowest BCUT2D eigenvalue weighted by molar-refractivity contribution is 0.0710. The Hall–Kier alpha value is -3.35. The number of para-hydroxylation sites is 1. The second kappa shape index (κ2) is 8.57. The Kier molecular flexibility index (Phi) is 5.70. The summed E-state index contributed by atoms with van der Waals surface area (Å²) in [7, 11) is 1.68. The molecule has 0 aliphatic carbocycles. The Morgan fingerprint density at radius 1 is 1.07 bits per heavy atom. The van der Waals surface area contributed by atoms with E-state index >= 15 is 0 Å². The lowest BCUT2D eigenvalue weighted by Crippen LogP contribution is -2.38. The number of piperidine rings is 1. The molecule has 7 heteroatoms. The van der Waals surface area contributed by atoms with Gasteiger partial charge in [-0.05, 0) is 56.2 Å². The van der Waals surface area contributed by atoms with Crippen molar-refractivity contribution in [3.8, 4) is 11.4 Å². The zero-order valence-electron chi connectivity index (χ0n) is 17.3. The van der Waals surface area contributed by atoms with Gasteiger partial charge in [0.25, 0.3) is 5.91 Å². The number of amides is 1. The highest BCUT2D eigenvalue weighted by Gasteiger charge is 2.29. The summed E-state index contributed by atoms with van der Waals surface area (Å²) in [6.07, 6.45) is 1.54. The molecule has 2 aromatic carbocycles. The summed E-state index contributed by atoms with van der Waals surface area (Å²) < 4.78 is 8.52. The number of rotatable bonds is 5. The van der Waals surface area contributed by atoms with Crippen LogP contribution in [0.5, 0.6) is 5.75 Å². The first-order chi connectivity index (χ1) is 14.6. The van der Waals surface area contributed by atoms with E-state index in [2.05, 4.69) is 5.10 Å². The van der Waals surface area contributed by atoms with Crippen molar-refractivity contribution in [1.29, 1.82) is 0 Å². The van der Waals surface area contributed by atoms with Crippen LogP contribution in [0.15, 0.2) is 59.4 Å². The van der Waals surface area contributed by atoms with E-state index in [-0.39, 0.29) is 17.5 Å². The topological polar surface area (TPSA) is 69.4 Å². The molecular formula is C23H26N4O3. The fraction of sp³-hybridized carbons (Fsp3) is 0.348. The fourth-order valence-corrected chi connectivity index (χ4v) is 3.95. The molecule has 0 atom stereocenters. The maximum absolute atomic E-state index is 12.9. The second-order valence-corrected chi connectivity index (χ2v) is 7.46. The van der Waals surface area contributed by atoms with Crippen LogP contribution in [0.4, 0.5) is 0 Å². The van der Waals surface area contributed by atoms with Crippen molar-refractivity contribution < 1.29 is 9.53 Å². The van der Waals surface area contributed by atoms with E-state index in [1.165, 1.54) is 4.68 Å². The van der Waals surface area contributed by atoms with Gasteiger partial charge < -0.3 is 9.64 Å². The molecule has 1 aliphatic heterocycles. The van der Waals surface area contributed by atoms with E-state index in [4.69, 9.17) is 4.74 Å². The predicted octanol–water partition coefficient (Wildman–Crippen LogP) is 2.99. The minimum absolute atomic E-state index is 0.0259. The van der Waals surface area contributed by atoms with Crippen LogP contribution < -0.4 is 10.4 Å². The van der Waals surface area contributed by atoms with Crippen LogP contribution in [0, 0.1) is 0 Å². The second-order valence-electron chi connectivity index (χ2n) is 7.46. The average molecular weight is 406 g/mol. The van der Waals surface area contributed by atoms with E-state index in [1.807, 2.05) is 66.4 Å². The summed E-state index contributed by atoms with van der Waals surface area (Å²) in [6.45, 7) is 3.80. The Labute approximate surface area is 175 Å². The molecule has 2 heterocycles. The van der Waals surface area contributed by atoms with Crippen molar-refractivity contribution in [3.05, 3.63) is 76.5 Å². The monoisotopic (exact) mass is 406 g/mol. The molecule has 1 aromatic heterocycles. The van der Waals surface area contributed by atoms with Gasteiger partial charge in [-0.2, -0.15) is 5.10 Å². The van der Waals surface area contributed by atoms with Gasteiger partial charge in [0.1, 0.15) is 11.6 Å². The van der Waals surface area contributed by atoms with Crippen molar-refractivity contribution >= 4 is 5.91 Å². The van der Waals surface area contributed by atoms with Crippen molar-refractivity contribution in [2.45, 2.75) is 25.7 Å². The molecule has 0 spiro atoms. The number of carbonyl (C=O) groups excluding carboxylic acids is 1.